The van der Waals surface area contributed by atoms with Gasteiger partial charge in [0, 0.05) is 23.6 Å². The molecule has 0 spiro atoms. The number of nitrogens with one attached hydrogen (secondary N) is 1. The number of amides is 1. The van der Waals surface area contributed by atoms with Crippen LogP contribution in [0.2, 0.25) is 5.02 Å². The van der Waals surface area contributed by atoms with Crippen molar-refractivity contribution >= 4 is 28.8 Å². The highest BCUT2D eigenvalue weighted by Gasteiger charge is 2.12. The zero-order chi connectivity index (χ0) is 18.1. The van der Waals surface area contributed by atoms with Crippen molar-refractivity contribution in [3.63, 3.8) is 0 Å². The second-order valence-corrected chi connectivity index (χ2v) is 6.46. The number of aryl methyl sites for hydroxylation is 1. The van der Waals surface area contributed by atoms with E-state index in [-0.39, 0.29) is 5.91 Å². The molecule has 2 aromatic carbocycles. The lowest BCUT2D eigenvalue weighted by Crippen LogP contribution is -2.13. The Balaban J connectivity index is 1.68. The van der Waals surface area contributed by atoms with Crippen molar-refractivity contribution in [1.82, 2.24) is 9.38 Å². The van der Waals surface area contributed by atoms with E-state index in [0.717, 1.165) is 28.2 Å². The molecule has 128 valence electrons. The van der Waals surface area contributed by atoms with Crippen LogP contribution in [0.15, 0.2) is 73.1 Å². The lowest BCUT2D eigenvalue weighted by atomic mass is 10.1. The van der Waals surface area contributed by atoms with Gasteiger partial charge in [0.25, 0.3) is 5.91 Å². The van der Waals surface area contributed by atoms with Crippen LogP contribution in [-0.2, 0) is 0 Å². The number of pyridine rings is 1. The highest BCUT2D eigenvalue weighted by atomic mass is 35.5. The summed E-state index contributed by atoms with van der Waals surface area (Å²) in [5.74, 6) is -0.231. The summed E-state index contributed by atoms with van der Waals surface area (Å²) in [5, 5.41) is 3.38. The van der Waals surface area contributed by atoms with Crippen molar-refractivity contribution in [2.45, 2.75) is 6.92 Å². The number of imidazole rings is 1. The number of hydrogen-bond acceptors (Lipinski definition) is 2. The molecule has 4 nitrogen and oxygen atoms in total. The molecule has 26 heavy (non-hydrogen) atoms. The fourth-order valence-corrected chi connectivity index (χ4v) is 3.05. The lowest BCUT2D eigenvalue weighted by molar-refractivity contribution is 0.102. The number of anilines is 1. The summed E-state index contributed by atoms with van der Waals surface area (Å²) >= 11 is 6.12. The van der Waals surface area contributed by atoms with Gasteiger partial charge in [-0.1, -0.05) is 41.9 Å². The first-order valence-electron chi connectivity index (χ1n) is 8.22. The third kappa shape index (κ3) is 3.07. The number of hydrogen-bond donors (Lipinski definition) is 1. The molecule has 0 saturated heterocycles. The number of carbonyl (C=O) groups excluding carboxylic acids is 1. The van der Waals surface area contributed by atoms with E-state index in [2.05, 4.69) is 10.3 Å². The Morgan fingerprint density at radius 1 is 1.08 bits per heavy atom. The lowest BCUT2D eigenvalue weighted by Gasteiger charge is -2.11. The number of halogens is 1. The Morgan fingerprint density at radius 3 is 2.69 bits per heavy atom. The van der Waals surface area contributed by atoms with Gasteiger partial charge in [0.05, 0.1) is 16.3 Å². The molecule has 0 aliphatic heterocycles. The molecule has 4 rings (SSSR count). The molecule has 0 bridgehead atoms. The van der Waals surface area contributed by atoms with Crippen LogP contribution in [-0.4, -0.2) is 15.3 Å². The predicted molar refractivity (Wildman–Crippen MR) is 105 cm³/mol. The Hall–Kier alpha value is -3.11. The number of rotatable bonds is 3. The largest absolute Gasteiger partial charge is 0.322 e. The maximum atomic E-state index is 12.6. The summed E-state index contributed by atoms with van der Waals surface area (Å²) in [7, 11) is 0. The van der Waals surface area contributed by atoms with Gasteiger partial charge in [-0.05, 0) is 42.8 Å². The van der Waals surface area contributed by atoms with E-state index in [1.807, 2.05) is 60.1 Å². The maximum absolute atomic E-state index is 12.6. The Kier molecular flexibility index (Phi) is 4.19. The molecule has 2 aromatic heterocycles. The molecule has 0 unspecified atom stereocenters. The van der Waals surface area contributed by atoms with Gasteiger partial charge in [0.15, 0.2) is 0 Å². The van der Waals surface area contributed by atoms with Crippen molar-refractivity contribution in [2.75, 3.05) is 5.32 Å². The van der Waals surface area contributed by atoms with Gasteiger partial charge in [-0.15, -0.1) is 0 Å². The SMILES string of the molecule is Cc1ccc(-c2cn3ccccc3n2)cc1NC(=O)c1ccccc1Cl. The standard InChI is InChI=1S/C21H16ClN3O/c1-14-9-10-15(19-13-25-11-5-4-8-20(25)23-19)12-18(14)24-21(26)16-6-2-3-7-17(16)22/h2-13H,1H3,(H,24,26). The van der Waals surface area contributed by atoms with E-state index < -0.39 is 0 Å². The number of aromatic nitrogens is 2. The molecule has 0 aliphatic rings. The van der Waals surface area contributed by atoms with Crippen LogP contribution >= 0.6 is 11.6 Å². The Bertz CT molecular complexity index is 1080. The molecule has 0 radical (unpaired) electrons. The van der Waals surface area contributed by atoms with Crippen LogP contribution < -0.4 is 5.32 Å². The zero-order valence-corrected chi connectivity index (χ0v) is 14.9. The van der Waals surface area contributed by atoms with Crippen molar-refractivity contribution in [2.24, 2.45) is 0 Å². The minimum Gasteiger partial charge on any atom is -0.322 e. The normalized spacial score (nSPS) is 10.8. The van der Waals surface area contributed by atoms with Crippen LogP contribution in [0, 0.1) is 6.92 Å². The fraction of sp³-hybridized carbons (Fsp3) is 0.0476. The van der Waals surface area contributed by atoms with Gasteiger partial charge in [0.1, 0.15) is 5.65 Å². The number of benzene rings is 2. The maximum Gasteiger partial charge on any atom is 0.257 e. The van der Waals surface area contributed by atoms with E-state index in [1.54, 1.807) is 24.3 Å². The summed E-state index contributed by atoms with van der Waals surface area (Å²) in [6.45, 7) is 1.95. The van der Waals surface area contributed by atoms with Crippen LogP contribution in [0.5, 0.6) is 0 Å². The first-order chi connectivity index (χ1) is 12.6. The van der Waals surface area contributed by atoms with E-state index >= 15 is 0 Å². The van der Waals surface area contributed by atoms with Gasteiger partial charge in [-0.25, -0.2) is 4.98 Å². The fourth-order valence-electron chi connectivity index (χ4n) is 2.82. The number of carbonyl (C=O) groups is 1. The average molecular weight is 362 g/mol. The highest BCUT2D eigenvalue weighted by molar-refractivity contribution is 6.34. The van der Waals surface area contributed by atoms with Gasteiger partial charge in [-0.3, -0.25) is 4.79 Å². The summed E-state index contributed by atoms with van der Waals surface area (Å²) in [6, 6.07) is 18.8. The second kappa shape index (κ2) is 6.65. The van der Waals surface area contributed by atoms with E-state index in [9.17, 15) is 4.79 Å². The van der Waals surface area contributed by atoms with Gasteiger partial charge in [-0.2, -0.15) is 0 Å². The first-order valence-corrected chi connectivity index (χ1v) is 8.60. The smallest absolute Gasteiger partial charge is 0.257 e. The van der Waals surface area contributed by atoms with E-state index in [1.165, 1.54) is 0 Å². The molecule has 0 saturated carbocycles. The molecule has 0 atom stereocenters. The number of fused-ring (bicyclic) bond motifs is 1. The molecule has 2 heterocycles. The summed E-state index contributed by atoms with van der Waals surface area (Å²) in [4.78, 5) is 17.2. The van der Waals surface area contributed by atoms with Gasteiger partial charge in [0.2, 0.25) is 0 Å². The monoisotopic (exact) mass is 361 g/mol. The summed E-state index contributed by atoms with van der Waals surface area (Å²) in [6.07, 6.45) is 3.93. The first kappa shape index (κ1) is 16.4. The second-order valence-electron chi connectivity index (χ2n) is 6.06. The minimum atomic E-state index is -0.231. The third-order valence-electron chi connectivity index (χ3n) is 4.26. The Morgan fingerprint density at radius 2 is 1.88 bits per heavy atom. The number of nitrogens with zero attached hydrogens (tertiary/aromatic N) is 2. The predicted octanol–water partition coefficient (Wildman–Crippen LogP) is 5.22. The molecule has 0 fully saturated rings. The van der Waals surface area contributed by atoms with Crippen molar-refractivity contribution in [1.29, 1.82) is 0 Å². The van der Waals surface area contributed by atoms with Crippen LogP contribution in [0.25, 0.3) is 16.9 Å². The molecule has 0 aliphatic carbocycles. The molecule has 1 amide bonds. The van der Waals surface area contributed by atoms with E-state index in [0.29, 0.717) is 10.6 Å². The van der Waals surface area contributed by atoms with Gasteiger partial charge < -0.3 is 9.72 Å². The molecule has 5 heteroatoms. The van der Waals surface area contributed by atoms with Crippen LogP contribution in [0.3, 0.4) is 0 Å². The topological polar surface area (TPSA) is 46.4 Å². The summed E-state index contributed by atoms with van der Waals surface area (Å²) in [5.41, 5.74) is 4.83. The van der Waals surface area contributed by atoms with Crippen LogP contribution in [0.1, 0.15) is 15.9 Å². The molecule has 1 N–H and O–H groups in total. The van der Waals surface area contributed by atoms with Crippen molar-refractivity contribution in [3.05, 3.63) is 89.2 Å². The molecular formula is C21H16ClN3O. The van der Waals surface area contributed by atoms with Crippen molar-refractivity contribution < 1.29 is 4.79 Å². The van der Waals surface area contributed by atoms with Crippen molar-refractivity contribution in [3.8, 4) is 11.3 Å². The minimum absolute atomic E-state index is 0.231. The molecular weight excluding hydrogens is 346 g/mol. The van der Waals surface area contributed by atoms with Crippen LogP contribution in [0.4, 0.5) is 5.69 Å². The Labute approximate surface area is 156 Å². The highest BCUT2D eigenvalue weighted by Crippen LogP contribution is 2.26. The summed E-state index contributed by atoms with van der Waals surface area (Å²) < 4.78 is 1.97. The van der Waals surface area contributed by atoms with E-state index in [4.69, 9.17) is 11.6 Å². The zero-order valence-electron chi connectivity index (χ0n) is 14.1. The third-order valence-corrected chi connectivity index (χ3v) is 4.59. The molecule has 4 aromatic rings. The average Bonchev–Trinajstić information content (AvgIpc) is 3.08. The quantitative estimate of drug-likeness (QED) is 0.544. The van der Waals surface area contributed by atoms with Gasteiger partial charge >= 0.3 is 0 Å².